The van der Waals surface area contributed by atoms with Gasteiger partial charge < -0.3 is 14.5 Å². The van der Waals surface area contributed by atoms with E-state index >= 15 is 0 Å². The number of rotatable bonds is 2. The quantitative estimate of drug-likeness (QED) is 0.776. The summed E-state index contributed by atoms with van der Waals surface area (Å²) in [6, 6.07) is 4.93. The van der Waals surface area contributed by atoms with Gasteiger partial charge in [0.1, 0.15) is 5.82 Å². The molecular formula is C16H17FN2O2. The topological polar surface area (TPSA) is 32.8 Å². The molecule has 1 aromatic carbocycles. The van der Waals surface area contributed by atoms with E-state index < -0.39 is 0 Å². The van der Waals surface area contributed by atoms with E-state index in [2.05, 4.69) is 5.92 Å². The lowest BCUT2D eigenvalue weighted by Gasteiger charge is -2.29. The fraction of sp³-hybridized carbons (Fsp3) is 0.438. The normalized spacial score (nSPS) is 22.5. The van der Waals surface area contributed by atoms with Gasteiger partial charge in [0.15, 0.2) is 0 Å². The minimum absolute atomic E-state index is 0.0449. The van der Waals surface area contributed by atoms with Gasteiger partial charge in [0.2, 0.25) is 5.91 Å². The molecule has 1 unspecified atom stereocenters. The summed E-state index contributed by atoms with van der Waals surface area (Å²) in [5, 5.41) is 0. The Morgan fingerprint density at radius 3 is 2.71 bits per heavy atom. The van der Waals surface area contributed by atoms with Gasteiger partial charge in [0.05, 0.1) is 18.9 Å². The van der Waals surface area contributed by atoms with Crippen LogP contribution in [0.25, 0.3) is 0 Å². The lowest BCUT2D eigenvalue weighted by Crippen LogP contribution is -2.36. The number of carbonyl (C=O) groups is 1. The molecule has 0 saturated carbocycles. The summed E-state index contributed by atoms with van der Waals surface area (Å²) in [7, 11) is 0. The predicted molar refractivity (Wildman–Crippen MR) is 78.7 cm³/mol. The van der Waals surface area contributed by atoms with E-state index in [9.17, 15) is 9.18 Å². The minimum Gasteiger partial charge on any atom is -0.378 e. The maximum atomic E-state index is 14.3. The van der Waals surface area contributed by atoms with Gasteiger partial charge in [0, 0.05) is 37.7 Å². The second-order valence-electron chi connectivity index (χ2n) is 5.31. The molecule has 1 amide bonds. The number of carbonyl (C=O) groups excluding carboxylic acids is 1. The molecule has 3 rings (SSSR count). The summed E-state index contributed by atoms with van der Waals surface area (Å²) >= 11 is 0. The number of hydrogen-bond acceptors (Lipinski definition) is 3. The molecule has 4 nitrogen and oxygen atoms in total. The van der Waals surface area contributed by atoms with Crippen LogP contribution in [0.4, 0.5) is 15.8 Å². The van der Waals surface area contributed by atoms with Crippen molar-refractivity contribution in [1.29, 1.82) is 0 Å². The monoisotopic (exact) mass is 288 g/mol. The van der Waals surface area contributed by atoms with E-state index in [4.69, 9.17) is 11.2 Å². The number of anilines is 2. The Morgan fingerprint density at radius 1 is 1.33 bits per heavy atom. The zero-order valence-electron chi connectivity index (χ0n) is 11.7. The maximum absolute atomic E-state index is 14.3. The van der Waals surface area contributed by atoms with Crippen LogP contribution in [-0.4, -0.2) is 38.8 Å². The summed E-state index contributed by atoms with van der Waals surface area (Å²) in [4.78, 5) is 15.4. The smallest absolute Gasteiger partial charge is 0.228 e. The lowest BCUT2D eigenvalue weighted by atomic mass is 10.1. The van der Waals surface area contributed by atoms with Crippen molar-refractivity contribution in [3.05, 3.63) is 24.0 Å². The molecule has 1 atom stereocenters. The van der Waals surface area contributed by atoms with Crippen LogP contribution in [0.2, 0.25) is 0 Å². The Labute approximate surface area is 123 Å². The third kappa shape index (κ3) is 2.72. The van der Waals surface area contributed by atoms with E-state index in [0.29, 0.717) is 50.6 Å². The van der Waals surface area contributed by atoms with Gasteiger partial charge in [-0.15, -0.1) is 12.3 Å². The second kappa shape index (κ2) is 5.74. The first kappa shape index (κ1) is 13.9. The summed E-state index contributed by atoms with van der Waals surface area (Å²) in [6.07, 6.45) is 5.70. The number of nitrogens with zero attached hydrogens (tertiary/aromatic N) is 2. The van der Waals surface area contributed by atoms with Crippen LogP contribution >= 0.6 is 0 Å². The van der Waals surface area contributed by atoms with Crippen molar-refractivity contribution in [3.8, 4) is 12.3 Å². The Kier molecular flexibility index (Phi) is 3.80. The van der Waals surface area contributed by atoms with Crippen molar-refractivity contribution < 1.29 is 13.9 Å². The third-order valence-electron chi connectivity index (χ3n) is 3.96. The number of terminal acetylenes is 1. The van der Waals surface area contributed by atoms with Gasteiger partial charge in [-0.05, 0) is 18.2 Å². The van der Waals surface area contributed by atoms with Crippen molar-refractivity contribution in [3.63, 3.8) is 0 Å². The summed E-state index contributed by atoms with van der Waals surface area (Å²) in [5.41, 5.74) is 1.13. The molecule has 0 N–H and O–H groups in total. The Hall–Kier alpha value is -2.06. The summed E-state index contributed by atoms with van der Waals surface area (Å²) in [6.45, 7) is 3.03. The first-order valence-corrected chi connectivity index (χ1v) is 7.08. The van der Waals surface area contributed by atoms with Gasteiger partial charge in [-0.25, -0.2) is 4.39 Å². The fourth-order valence-corrected chi connectivity index (χ4v) is 2.79. The van der Waals surface area contributed by atoms with E-state index in [-0.39, 0.29) is 17.6 Å². The van der Waals surface area contributed by atoms with Crippen LogP contribution in [0.1, 0.15) is 6.42 Å². The number of hydrogen-bond donors (Lipinski definition) is 0. The molecule has 0 spiro atoms. The number of benzene rings is 1. The van der Waals surface area contributed by atoms with Crippen LogP contribution < -0.4 is 9.80 Å². The van der Waals surface area contributed by atoms with Crippen LogP contribution in [0, 0.1) is 24.1 Å². The van der Waals surface area contributed by atoms with E-state index in [1.165, 1.54) is 6.07 Å². The second-order valence-corrected chi connectivity index (χ2v) is 5.31. The molecule has 5 heteroatoms. The fourth-order valence-electron chi connectivity index (χ4n) is 2.79. The highest BCUT2D eigenvalue weighted by Gasteiger charge is 2.30. The number of amides is 1. The first-order valence-electron chi connectivity index (χ1n) is 7.08. The SMILES string of the molecule is C#CC1CC(=O)N(c2ccc(N3CCOCC3)c(F)c2)C1. The summed E-state index contributed by atoms with van der Waals surface area (Å²) in [5.74, 6) is 2.15. The Morgan fingerprint density at radius 2 is 2.10 bits per heavy atom. The van der Waals surface area contributed by atoms with E-state index in [0.717, 1.165) is 0 Å². The van der Waals surface area contributed by atoms with Crippen LogP contribution in [0.5, 0.6) is 0 Å². The number of halogens is 1. The van der Waals surface area contributed by atoms with Crippen LogP contribution in [0.3, 0.4) is 0 Å². The first-order chi connectivity index (χ1) is 10.2. The highest BCUT2D eigenvalue weighted by molar-refractivity contribution is 5.96. The molecule has 21 heavy (non-hydrogen) atoms. The zero-order chi connectivity index (χ0) is 14.8. The molecule has 2 saturated heterocycles. The van der Waals surface area contributed by atoms with Crippen molar-refractivity contribution in [1.82, 2.24) is 0 Å². The van der Waals surface area contributed by atoms with Gasteiger partial charge in [0.25, 0.3) is 0 Å². The highest BCUT2D eigenvalue weighted by atomic mass is 19.1. The zero-order valence-corrected chi connectivity index (χ0v) is 11.7. The van der Waals surface area contributed by atoms with E-state index in [1.807, 2.05) is 4.90 Å². The molecule has 2 fully saturated rings. The molecule has 0 bridgehead atoms. The lowest BCUT2D eigenvalue weighted by molar-refractivity contribution is -0.117. The number of ether oxygens (including phenoxy) is 1. The molecular weight excluding hydrogens is 271 g/mol. The Balaban J connectivity index is 1.81. The maximum Gasteiger partial charge on any atom is 0.228 e. The van der Waals surface area contributed by atoms with Crippen molar-refractivity contribution in [2.45, 2.75) is 6.42 Å². The largest absolute Gasteiger partial charge is 0.378 e. The molecule has 0 aliphatic carbocycles. The van der Waals surface area contributed by atoms with E-state index in [1.54, 1.807) is 17.0 Å². The predicted octanol–water partition coefficient (Wildman–Crippen LogP) is 1.65. The molecule has 0 aromatic heterocycles. The average Bonchev–Trinajstić information content (AvgIpc) is 2.89. The molecule has 110 valence electrons. The number of morpholine rings is 1. The third-order valence-corrected chi connectivity index (χ3v) is 3.96. The minimum atomic E-state index is -0.314. The van der Waals surface area contributed by atoms with Gasteiger partial charge >= 0.3 is 0 Å². The van der Waals surface area contributed by atoms with Gasteiger partial charge in [-0.2, -0.15) is 0 Å². The van der Waals surface area contributed by atoms with Crippen LogP contribution in [-0.2, 0) is 9.53 Å². The Bertz CT molecular complexity index is 590. The van der Waals surface area contributed by atoms with Crippen LogP contribution in [0.15, 0.2) is 18.2 Å². The van der Waals surface area contributed by atoms with Crippen molar-refractivity contribution >= 4 is 17.3 Å². The standard InChI is InChI=1S/C16H17FN2O2/c1-2-12-9-16(20)19(11-12)13-3-4-15(14(17)10-13)18-5-7-21-8-6-18/h1,3-4,10,12H,5-9,11H2. The van der Waals surface area contributed by atoms with Crippen molar-refractivity contribution in [2.75, 3.05) is 42.6 Å². The summed E-state index contributed by atoms with van der Waals surface area (Å²) < 4.78 is 19.6. The van der Waals surface area contributed by atoms with Crippen molar-refractivity contribution in [2.24, 2.45) is 5.92 Å². The molecule has 2 aliphatic heterocycles. The highest BCUT2D eigenvalue weighted by Crippen LogP contribution is 2.29. The molecule has 0 radical (unpaired) electrons. The molecule has 2 heterocycles. The van der Waals surface area contributed by atoms with Gasteiger partial charge in [-0.1, -0.05) is 0 Å². The molecule has 2 aliphatic rings. The average molecular weight is 288 g/mol. The van der Waals surface area contributed by atoms with Gasteiger partial charge in [-0.3, -0.25) is 4.79 Å². The molecule has 1 aromatic rings.